The maximum Gasteiger partial charge on any atom is 0.259 e. The highest BCUT2D eigenvalue weighted by molar-refractivity contribution is 7.22. The molecule has 1 aromatic heterocycles. The predicted molar refractivity (Wildman–Crippen MR) is 95.6 cm³/mol. The minimum atomic E-state index is -0.246. The molecule has 1 N–H and O–H groups in total. The van der Waals surface area contributed by atoms with Crippen LogP contribution in [-0.2, 0) is 4.79 Å². The van der Waals surface area contributed by atoms with Crippen LogP contribution in [0.25, 0.3) is 10.2 Å². The standard InChI is InChI=1S/C18H15N3O2S/c22-16-10-5-11-21(16)14-8-3-1-6-12(14)17(23)20-18-19-13-7-2-4-9-15(13)24-18/h1-4,6-9H,5,10-11H2,(H,19,20,23). The predicted octanol–water partition coefficient (Wildman–Crippen LogP) is 3.68. The van der Waals surface area contributed by atoms with E-state index in [1.165, 1.54) is 11.3 Å². The third-order valence-corrected chi connectivity index (χ3v) is 4.98. The van der Waals surface area contributed by atoms with E-state index in [1.807, 2.05) is 36.4 Å². The molecule has 2 heterocycles. The zero-order valence-corrected chi connectivity index (χ0v) is 13.7. The van der Waals surface area contributed by atoms with Gasteiger partial charge in [0.25, 0.3) is 5.91 Å². The van der Waals surface area contributed by atoms with Gasteiger partial charge in [-0.3, -0.25) is 14.9 Å². The molecule has 24 heavy (non-hydrogen) atoms. The lowest BCUT2D eigenvalue weighted by Crippen LogP contribution is -2.27. The van der Waals surface area contributed by atoms with Gasteiger partial charge in [-0.25, -0.2) is 4.98 Å². The van der Waals surface area contributed by atoms with E-state index in [2.05, 4.69) is 10.3 Å². The van der Waals surface area contributed by atoms with Gasteiger partial charge in [0, 0.05) is 13.0 Å². The number of benzene rings is 2. The molecule has 4 rings (SSSR count). The van der Waals surface area contributed by atoms with Gasteiger partial charge in [-0.15, -0.1) is 0 Å². The highest BCUT2D eigenvalue weighted by Crippen LogP contribution is 2.28. The summed E-state index contributed by atoms with van der Waals surface area (Å²) in [5.41, 5.74) is 2.02. The molecule has 5 nitrogen and oxygen atoms in total. The quantitative estimate of drug-likeness (QED) is 0.793. The van der Waals surface area contributed by atoms with Crippen LogP contribution >= 0.6 is 11.3 Å². The summed E-state index contributed by atoms with van der Waals surface area (Å²) >= 11 is 1.44. The van der Waals surface area contributed by atoms with Crippen LogP contribution in [0.2, 0.25) is 0 Å². The molecule has 1 aliphatic heterocycles. The highest BCUT2D eigenvalue weighted by Gasteiger charge is 2.25. The van der Waals surface area contributed by atoms with Crippen molar-refractivity contribution >= 4 is 44.2 Å². The number of fused-ring (bicyclic) bond motifs is 1. The number of nitrogens with zero attached hydrogens (tertiary/aromatic N) is 2. The molecule has 1 aliphatic rings. The van der Waals surface area contributed by atoms with E-state index >= 15 is 0 Å². The number of rotatable bonds is 3. The molecule has 3 aromatic rings. The maximum atomic E-state index is 12.7. The van der Waals surface area contributed by atoms with Crippen molar-refractivity contribution in [3.8, 4) is 0 Å². The van der Waals surface area contributed by atoms with Gasteiger partial charge in [0.1, 0.15) is 0 Å². The van der Waals surface area contributed by atoms with E-state index in [4.69, 9.17) is 0 Å². The second-order valence-electron chi connectivity index (χ2n) is 5.61. The summed E-state index contributed by atoms with van der Waals surface area (Å²) in [6, 6.07) is 15.0. The first-order valence-electron chi connectivity index (χ1n) is 7.79. The van der Waals surface area contributed by atoms with E-state index in [-0.39, 0.29) is 11.8 Å². The molecule has 120 valence electrons. The monoisotopic (exact) mass is 337 g/mol. The lowest BCUT2D eigenvalue weighted by Gasteiger charge is -2.18. The smallest absolute Gasteiger partial charge is 0.259 e. The first kappa shape index (κ1) is 14.8. The molecule has 0 unspecified atom stereocenters. The van der Waals surface area contributed by atoms with Crippen molar-refractivity contribution in [1.82, 2.24) is 4.98 Å². The fraction of sp³-hybridized carbons (Fsp3) is 0.167. The fourth-order valence-electron chi connectivity index (χ4n) is 2.89. The first-order chi connectivity index (χ1) is 11.7. The van der Waals surface area contributed by atoms with Crippen LogP contribution in [0.4, 0.5) is 10.8 Å². The van der Waals surface area contributed by atoms with Crippen molar-refractivity contribution in [1.29, 1.82) is 0 Å². The van der Waals surface area contributed by atoms with Crippen LogP contribution in [0.5, 0.6) is 0 Å². The molecule has 0 radical (unpaired) electrons. The molecule has 0 saturated carbocycles. The van der Waals surface area contributed by atoms with Crippen molar-refractivity contribution in [2.45, 2.75) is 12.8 Å². The number of carbonyl (C=O) groups excluding carboxylic acids is 2. The Balaban J connectivity index is 1.63. The molecule has 0 aliphatic carbocycles. The molecular weight excluding hydrogens is 322 g/mol. The van der Waals surface area contributed by atoms with Crippen LogP contribution in [0.3, 0.4) is 0 Å². The Morgan fingerprint density at radius 3 is 2.71 bits per heavy atom. The summed E-state index contributed by atoms with van der Waals surface area (Å²) in [7, 11) is 0. The van der Waals surface area contributed by atoms with E-state index in [0.717, 1.165) is 16.6 Å². The van der Waals surface area contributed by atoms with Crippen molar-refractivity contribution in [3.63, 3.8) is 0 Å². The minimum absolute atomic E-state index is 0.0650. The van der Waals surface area contributed by atoms with Crippen molar-refractivity contribution in [2.75, 3.05) is 16.8 Å². The number of thiazole rings is 1. The molecular formula is C18H15N3O2S. The van der Waals surface area contributed by atoms with Gasteiger partial charge in [0.15, 0.2) is 5.13 Å². The molecule has 0 spiro atoms. The maximum absolute atomic E-state index is 12.7. The Morgan fingerprint density at radius 1 is 1.12 bits per heavy atom. The molecule has 0 atom stereocenters. The van der Waals surface area contributed by atoms with E-state index < -0.39 is 0 Å². The average Bonchev–Trinajstić information content (AvgIpc) is 3.20. The van der Waals surface area contributed by atoms with E-state index in [1.54, 1.807) is 17.0 Å². The molecule has 0 bridgehead atoms. The Morgan fingerprint density at radius 2 is 1.92 bits per heavy atom. The van der Waals surface area contributed by atoms with Gasteiger partial charge in [-0.2, -0.15) is 0 Å². The summed E-state index contributed by atoms with van der Waals surface area (Å²) in [6.07, 6.45) is 1.36. The number of nitrogens with one attached hydrogen (secondary N) is 1. The number of anilines is 2. The largest absolute Gasteiger partial charge is 0.312 e. The topological polar surface area (TPSA) is 62.3 Å². The number of para-hydroxylation sites is 2. The van der Waals surface area contributed by atoms with Gasteiger partial charge < -0.3 is 4.90 Å². The molecule has 2 amide bonds. The van der Waals surface area contributed by atoms with Crippen molar-refractivity contribution in [2.24, 2.45) is 0 Å². The third kappa shape index (κ3) is 2.65. The fourth-order valence-corrected chi connectivity index (χ4v) is 3.75. The number of aromatic nitrogens is 1. The molecule has 2 aromatic carbocycles. The molecule has 6 heteroatoms. The van der Waals surface area contributed by atoms with Gasteiger partial charge in [0.05, 0.1) is 21.5 Å². The van der Waals surface area contributed by atoms with Crippen LogP contribution in [0, 0.1) is 0 Å². The van der Waals surface area contributed by atoms with Crippen LogP contribution in [0.1, 0.15) is 23.2 Å². The van der Waals surface area contributed by atoms with Crippen LogP contribution in [0.15, 0.2) is 48.5 Å². The number of carbonyl (C=O) groups is 2. The number of hydrogen-bond acceptors (Lipinski definition) is 4. The highest BCUT2D eigenvalue weighted by atomic mass is 32.1. The summed E-state index contributed by atoms with van der Waals surface area (Å²) in [4.78, 5) is 30.8. The Hall–Kier alpha value is -2.73. The van der Waals surface area contributed by atoms with Gasteiger partial charge in [0.2, 0.25) is 5.91 Å². The lowest BCUT2D eigenvalue weighted by atomic mass is 10.1. The third-order valence-electron chi connectivity index (χ3n) is 4.03. The first-order valence-corrected chi connectivity index (χ1v) is 8.60. The summed E-state index contributed by atoms with van der Waals surface area (Å²) in [5.74, 6) is -0.181. The van der Waals surface area contributed by atoms with Gasteiger partial charge in [-0.1, -0.05) is 35.6 Å². The van der Waals surface area contributed by atoms with Crippen LogP contribution < -0.4 is 10.2 Å². The molecule has 1 fully saturated rings. The summed E-state index contributed by atoms with van der Waals surface area (Å²) < 4.78 is 1.02. The van der Waals surface area contributed by atoms with Gasteiger partial charge >= 0.3 is 0 Å². The second kappa shape index (κ2) is 6.05. The zero-order valence-electron chi connectivity index (χ0n) is 12.9. The lowest BCUT2D eigenvalue weighted by molar-refractivity contribution is -0.117. The van der Waals surface area contributed by atoms with Crippen molar-refractivity contribution in [3.05, 3.63) is 54.1 Å². The van der Waals surface area contributed by atoms with E-state index in [9.17, 15) is 9.59 Å². The average molecular weight is 337 g/mol. The number of hydrogen-bond donors (Lipinski definition) is 1. The molecule has 1 saturated heterocycles. The van der Waals surface area contributed by atoms with Crippen LogP contribution in [-0.4, -0.2) is 23.3 Å². The SMILES string of the molecule is O=C(Nc1nc2ccccc2s1)c1ccccc1N1CCCC1=O. The van der Waals surface area contributed by atoms with E-state index in [0.29, 0.717) is 29.3 Å². The minimum Gasteiger partial charge on any atom is -0.312 e. The van der Waals surface area contributed by atoms with Gasteiger partial charge in [-0.05, 0) is 30.7 Å². The summed E-state index contributed by atoms with van der Waals surface area (Å²) in [5, 5.41) is 3.42. The normalized spacial score (nSPS) is 14.3. The zero-order chi connectivity index (χ0) is 16.5. The second-order valence-corrected chi connectivity index (χ2v) is 6.64. The Bertz CT molecular complexity index is 902. The Kier molecular flexibility index (Phi) is 3.74. The Labute approximate surface area is 142 Å². The summed E-state index contributed by atoms with van der Waals surface area (Å²) in [6.45, 7) is 0.657. The number of amides is 2. The van der Waals surface area contributed by atoms with Crippen molar-refractivity contribution < 1.29 is 9.59 Å².